The van der Waals surface area contributed by atoms with E-state index >= 15 is 0 Å². The van der Waals surface area contributed by atoms with Crippen LogP contribution < -0.4 is 4.72 Å². The molecule has 0 saturated heterocycles. The third-order valence-electron chi connectivity index (χ3n) is 1.87. The van der Waals surface area contributed by atoms with Gasteiger partial charge in [-0.2, -0.15) is 0 Å². The number of hydrogen-bond acceptors (Lipinski definition) is 4. The number of sulfonamides is 1. The fourth-order valence-corrected chi connectivity index (χ4v) is 3.58. The molecular formula is C8H13BrN4O2S. The minimum atomic E-state index is -3.61. The highest BCUT2D eigenvalue weighted by Crippen LogP contribution is 2.18. The Bertz CT molecular complexity index is 463. The van der Waals surface area contributed by atoms with Gasteiger partial charge in [-0.3, -0.25) is 0 Å². The summed E-state index contributed by atoms with van der Waals surface area (Å²) in [6.07, 6.45) is 2.21. The van der Waals surface area contributed by atoms with Gasteiger partial charge in [0, 0.05) is 13.1 Å². The predicted octanol–water partition coefficient (Wildman–Crippen LogP) is 0.821. The van der Waals surface area contributed by atoms with Gasteiger partial charge < -0.3 is 0 Å². The average molecular weight is 309 g/mol. The van der Waals surface area contributed by atoms with Crippen LogP contribution in [0.4, 0.5) is 0 Å². The standard InChI is InChI=1S/C8H13BrN4O2S/c1-4-5-6(2)11-16(14,15)8-7(9)10-12-13(8)3/h4,6,11H,1,5H2,2-3H3. The molecule has 1 aromatic rings. The molecule has 16 heavy (non-hydrogen) atoms. The number of nitrogens with one attached hydrogen (secondary N) is 1. The highest BCUT2D eigenvalue weighted by atomic mass is 79.9. The van der Waals surface area contributed by atoms with Crippen molar-refractivity contribution < 1.29 is 8.42 Å². The van der Waals surface area contributed by atoms with Crippen molar-refractivity contribution in [2.75, 3.05) is 0 Å². The Labute approximate surface area is 103 Å². The second kappa shape index (κ2) is 5.07. The number of hydrogen-bond donors (Lipinski definition) is 1. The van der Waals surface area contributed by atoms with E-state index in [1.807, 2.05) is 0 Å². The molecule has 1 heterocycles. The van der Waals surface area contributed by atoms with Crippen molar-refractivity contribution in [3.63, 3.8) is 0 Å². The molecule has 0 saturated carbocycles. The lowest BCUT2D eigenvalue weighted by Gasteiger charge is -2.11. The third kappa shape index (κ3) is 2.89. The maximum atomic E-state index is 11.9. The van der Waals surface area contributed by atoms with E-state index in [1.165, 1.54) is 11.7 Å². The van der Waals surface area contributed by atoms with Crippen LogP contribution in [-0.4, -0.2) is 29.5 Å². The van der Waals surface area contributed by atoms with Crippen molar-refractivity contribution in [3.05, 3.63) is 17.3 Å². The van der Waals surface area contributed by atoms with Crippen molar-refractivity contribution in [3.8, 4) is 0 Å². The van der Waals surface area contributed by atoms with Crippen LogP contribution in [0.15, 0.2) is 22.3 Å². The molecule has 0 aliphatic carbocycles. The highest BCUT2D eigenvalue weighted by Gasteiger charge is 2.24. The van der Waals surface area contributed by atoms with Crippen molar-refractivity contribution in [2.45, 2.75) is 24.4 Å². The summed E-state index contributed by atoms with van der Waals surface area (Å²) in [5.74, 6) is 0. The van der Waals surface area contributed by atoms with Crippen LogP contribution in [0, 0.1) is 0 Å². The zero-order chi connectivity index (χ0) is 12.3. The Kier molecular flexibility index (Phi) is 4.22. The number of aromatic nitrogens is 3. The van der Waals surface area contributed by atoms with Gasteiger partial charge >= 0.3 is 0 Å². The van der Waals surface area contributed by atoms with Gasteiger partial charge in [-0.25, -0.2) is 17.8 Å². The lowest BCUT2D eigenvalue weighted by molar-refractivity contribution is 0.544. The molecule has 1 atom stereocenters. The second-order valence-electron chi connectivity index (χ2n) is 3.36. The molecule has 0 fully saturated rings. The van der Waals surface area contributed by atoms with E-state index in [4.69, 9.17) is 0 Å². The van der Waals surface area contributed by atoms with Crippen LogP contribution in [0.2, 0.25) is 0 Å². The van der Waals surface area contributed by atoms with Crippen LogP contribution in [0.3, 0.4) is 0 Å². The van der Waals surface area contributed by atoms with Gasteiger partial charge in [-0.15, -0.1) is 11.7 Å². The maximum absolute atomic E-state index is 11.9. The van der Waals surface area contributed by atoms with Crippen molar-refractivity contribution >= 4 is 26.0 Å². The molecule has 1 aromatic heterocycles. The summed E-state index contributed by atoms with van der Waals surface area (Å²) in [7, 11) is -2.09. The van der Waals surface area contributed by atoms with Gasteiger partial charge in [-0.1, -0.05) is 11.3 Å². The number of nitrogens with zero attached hydrogens (tertiary/aromatic N) is 3. The maximum Gasteiger partial charge on any atom is 0.260 e. The van der Waals surface area contributed by atoms with Crippen LogP contribution in [0.25, 0.3) is 0 Å². The summed E-state index contributed by atoms with van der Waals surface area (Å²) >= 11 is 3.05. The van der Waals surface area contributed by atoms with Crippen molar-refractivity contribution in [1.29, 1.82) is 0 Å². The minimum Gasteiger partial charge on any atom is -0.235 e. The first kappa shape index (κ1) is 13.3. The molecule has 0 amide bonds. The first-order chi connectivity index (χ1) is 7.38. The van der Waals surface area contributed by atoms with E-state index in [0.717, 1.165) is 0 Å². The van der Waals surface area contributed by atoms with E-state index in [1.54, 1.807) is 13.0 Å². The average Bonchev–Trinajstić information content (AvgIpc) is 2.45. The molecule has 0 aromatic carbocycles. The zero-order valence-electron chi connectivity index (χ0n) is 9.01. The van der Waals surface area contributed by atoms with Crippen molar-refractivity contribution in [2.24, 2.45) is 7.05 Å². The molecular weight excluding hydrogens is 296 g/mol. The van der Waals surface area contributed by atoms with E-state index in [0.29, 0.717) is 6.42 Å². The highest BCUT2D eigenvalue weighted by molar-refractivity contribution is 9.10. The number of aryl methyl sites for hydroxylation is 1. The molecule has 0 aliphatic rings. The Morgan fingerprint density at radius 3 is 2.75 bits per heavy atom. The largest absolute Gasteiger partial charge is 0.260 e. The summed E-state index contributed by atoms with van der Waals surface area (Å²) in [5, 5.41) is 7.26. The first-order valence-corrected chi connectivity index (χ1v) is 6.84. The van der Waals surface area contributed by atoms with E-state index < -0.39 is 10.0 Å². The number of rotatable bonds is 5. The molecule has 0 radical (unpaired) electrons. The molecule has 0 spiro atoms. The minimum absolute atomic E-state index is 0.0170. The molecule has 90 valence electrons. The molecule has 1 rings (SSSR count). The van der Waals surface area contributed by atoms with E-state index in [2.05, 4.69) is 37.5 Å². The normalized spacial score (nSPS) is 13.7. The summed E-state index contributed by atoms with van der Waals surface area (Å²) in [4.78, 5) is 0. The van der Waals surface area contributed by atoms with Crippen LogP contribution >= 0.6 is 15.9 Å². The summed E-state index contributed by atoms with van der Waals surface area (Å²) in [6, 6.07) is -0.218. The van der Waals surface area contributed by atoms with Gasteiger partial charge in [0.1, 0.15) is 0 Å². The van der Waals surface area contributed by atoms with E-state index in [9.17, 15) is 8.42 Å². The Morgan fingerprint density at radius 2 is 2.31 bits per heavy atom. The summed E-state index contributed by atoms with van der Waals surface area (Å²) in [6.45, 7) is 5.32. The van der Waals surface area contributed by atoms with Gasteiger partial charge in [0.2, 0.25) is 5.03 Å². The second-order valence-corrected chi connectivity index (χ2v) is 5.74. The molecule has 1 N–H and O–H groups in total. The van der Waals surface area contributed by atoms with Crippen LogP contribution in [0.1, 0.15) is 13.3 Å². The zero-order valence-corrected chi connectivity index (χ0v) is 11.4. The van der Waals surface area contributed by atoms with Crippen LogP contribution in [-0.2, 0) is 17.1 Å². The Balaban J connectivity index is 2.99. The summed E-state index contributed by atoms with van der Waals surface area (Å²) < 4.78 is 27.8. The molecule has 8 heteroatoms. The van der Waals surface area contributed by atoms with Gasteiger partial charge in [0.05, 0.1) is 0 Å². The lowest BCUT2D eigenvalue weighted by Crippen LogP contribution is -2.33. The molecule has 6 nitrogen and oxygen atoms in total. The number of halogens is 1. The molecule has 1 unspecified atom stereocenters. The topological polar surface area (TPSA) is 76.9 Å². The summed E-state index contributed by atoms with van der Waals surface area (Å²) in [5.41, 5.74) is 0. The smallest absolute Gasteiger partial charge is 0.235 e. The van der Waals surface area contributed by atoms with E-state index in [-0.39, 0.29) is 15.7 Å². The SMILES string of the molecule is C=CCC(C)NS(=O)(=O)c1c(Br)nnn1C. The molecule has 0 bridgehead atoms. The predicted molar refractivity (Wildman–Crippen MR) is 63.3 cm³/mol. The molecule has 0 aliphatic heterocycles. The quantitative estimate of drug-likeness (QED) is 0.817. The van der Waals surface area contributed by atoms with Crippen molar-refractivity contribution in [1.82, 2.24) is 19.7 Å². The third-order valence-corrected chi connectivity index (χ3v) is 4.34. The fraction of sp³-hybridized carbons (Fsp3) is 0.500. The Morgan fingerprint density at radius 1 is 1.69 bits per heavy atom. The first-order valence-electron chi connectivity index (χ1n) is 4.57. The lowest BCUT2D eigenvalue weighted by atomic mass is 10.3. The fourth-order valence-electron chi connectivity index (χ4n) is 1.23. The van der Waals surface area contributed by atoms with Gasteiger partial charge in [0.15, 0.2) is 4.60 Å². The van der Waals surface area contributed by atoms with Gasteiger partial charge in [0.25, 0.3) is 10.0 Å². The van der Waals surface area contributed by atoms with Crippen LogP contribution in [0.5, 0.6) is 0 Å². The van der Waals surface area contributed by atoms with Gasteiger partial charge in [-0.05, 0) is 29.3 Å². The Hall–Kier alpha value is -0.730. The monoisotopic (exact) mass is 308 g/mol.